The predicted octanol–water partition coefficient (Wildman–Crippen LogP) is 2.76. The summed E-state index contributed by atoms with van der Waals surface area (Å²) in [5, 5.41) is 0. The average Bonchev–Trinajstić information content (AvgIpc) is 2.29. The Morgan fingerprint density at radius 2 is 1.88 bits per heavy atom. The van der Waals surface area contributed by atoms with Crippen LogP contribution in [0.25, 0.3) is 0 Å². The fourth-order valence-corrected chi connectivity index (χ4v) is 1.61. The van der Waals surface area contributed by atoms with Crippen LogP contribution in [-0.4, -0.2) is 19.3 Å². The third kappa shape index (κ3) is 6.59. The molecule has 0 saturated heterocycles. The number of rotatable bonds is 8. The van der Waals surface area contributed by atoms with Crippen LogP contribution < -0.4 is 5.73 Å². The van der Waals surface area contributed by atoms with Crippen LogP contribution in [0.2, 0.25) is 0 Å². The van der Waals surface area contributed by atoms with Gasteiger partial charge in [0.2, 0.25) is 0 Å². The number of nitrogens with two attached hydrogens (primary N) is 1. The van der Waals surface area contributed by atoms with E-state index in [2.05, 4.69) is 31.2 Å². The molecule has 2 N–H and O–H groups in total. The van der Waals surface area contributed by atoms with Crippen LogP contribution in [0, 0.1) is 0 Å². The Balaban J connectivity index is 1.93. The van der Waals surface area contributed by atoms with E-state index in [9.17, 15) is 0 Å². The minimum Gasteiger partial charge on any atom is -0.381 e. The molecule has 0 saturated carbocycles. The Hall–Kier alpha value is -0.860. The van der Waals surface area contributed by atoms with E-state index in [0.717, 1.165) is 32.5 Å². The Morgan fingerprint density at radius 1 is 1.12 bits per heavy atom. The van der Waals surface area contributed by atoms with E-state index in [4.69, 9.17) is 10.5 Å². The van der Waals surface area contributed by atoms with Crippen molar-refractivity contribution < 1.29 is 4.74 Å². The van der Waals surface area contributed by atoms with Crippen LogP contribution in [0.1, 0.15) is 31.7 Å². The first-order valence-electron chi connectivity index (χ1n) is 6.16. The van der Waals surface area contributed by atoms with E-state index in [1.54, 1.807) is 0 Å². The predicted molar refractivity (Wildman–Crippen MR) is 68.5 cm³/mol. The first kappa shape index (κ1) is 13.2. The van der Waals surface area contributed by atoms with Crippen LogP contribution in [0.4, 0.5) is 0 Å². The van der Waals surface area contributed by atoms with Gasteiger partial charge < -0.3 is 10.5 Å². The van der Waals surface area contributed by atoms with Gasteiger partial charge in [-0.1, -0.05) is 30.3 Å². The van der Waals surface area contributed by atoms with E-state index < -0.39 is 0 Å². The third-order valence-corrected chi connectivity index (χ3v) is 2.58. The van der Waals surface area contributed by atoms with Crippen molar-refractivity contribution in [3.63, 3.8) is 0 Å². The zero-order valence-electron chi connectivity index (χ0n) is 10.2. The lowest BCUT2D eigenvalue weighted by Gasteiger charge is -2.06. The molecule has 1 aromatic carbocycles. The Bertz CT molecular complexity index is 259. The Morgan fingerprint density at radius 3 is 2.56 bits per heavy atom. The van der Waals surface area contributed by atoms with E-state index in [-0.39, 0.29) is 0 Å². The number of ether oxygens (including phenoxy) is 1. The molecular formula is C14H23NO. The monoisotopic (exact) mass is 221 g/mol. The van der Waals surface area contributed by atoms with Crippen molar-refractivity contribution in [1.29, 1.82) is 0 Å². The molecule has 1 atom stereocenters. The molecule has 1 aromatic rings. The average molecular weight is 221 g/mol. The van der Waals surface area contributed by atoms with Crippen molar-refractivity contribution in [1.82, 2.24) is 0 Å². The second kappa shape index (κ2) is 8.31. The summed E-state index contributed by atoms with van der Waals surface area (Å²) in [6.45, 7) is 3.73. The fraction of sp³-hybridized carbons (Fsp3) is 0.571. The summed E-state index contributed by atoms with van der Waals surface area (Å²) in [4.78, 5) is 0. The summed E-state index contributed by atoms with van der Waals surface area (Å²) in [6.07, 6.45) is 4.40. The minimum absolute atomic E-state index is 0.323. The summed E-state index contributed by atoms with van der Waals surface area (Å²) >= 11 is 0. The molecular weight excluding hydrogens is 198 g/mol. The molecule has 2 heteroatoms. The van der Waals surface area contributed by atoms with Gasteiger partial charge in [-0.25, -0.2) is 0 Å². The summed E-state index contributed by atoms with van der Waals surface area (Å²) in [7, 11) is 0. The van der Waals surface area contributed by atoms with Gasteiger partial charge >= 0.3 is 0 Å². The molecule has 0 heterocycles. The van der Waals surface area contributed by atoms with E-state index in [0.29, 0.717) is 6.04 Å². The third-order valence-electron chi connectivity index (χ3n) is 2.58. The first-order valence-corrected chi connectivity index (χ1v) is 6.16. The maximum atomic E-state index is 5.67. The van der Waals surface area contributed by atoms with Gasteiger partial charge in [0.1, 0.15) is 0 Å². The van der Waals surface area contributed by atoms with Gasteiger partial charge in [0, 0.05) is 12.6 Å². The molecule has 90 valence electrons. The van der Waals surface area contributed by atoms with Crippen LogP contribution in [-0.2, 0) is 11.2 Å². The number of hydrogen-bond donors (Lipinski definition) is 1. The number of hydrogen-bond acceptors (Lipinski definition) is 2. The van der Waals surface area contributed by atoms with E-state index >= 15 is 0 Å². The zero-order chi connectivity index (χ0) is 11.6. The first-order chi connectivity index (χ1) is 7.79. The van der Waals surface area contributed by atoms with Gasteiger partial charge in [-0.15, -0.1) is 0 Å². The molecule has 0 fully saturated rings. The molecule has 0 spiro atoms. The van der Waals surface area contributed by atoms with Gasteiger partial charge in [0.05, 0.1) is 6.61 Å². The molecule has 0 aliphatic rings. The molecule has 1 unspecified atom stereocenters. The standard InChI is InChI=1S/C14H23NO/c1-13(15)7-5-6-11-16-12-10-14-8-3-2-4-9-14/h2-4,8-9,13H,5-7,10-12,15H2,1H3. The lowest BCUT2D eigenvalue weighted by atomic mass is 10.1. The number of unbranched alkanes of at least 4 members (excludes halogenated alkanes) is 1. The van der Waals surface area contributed by atoms with Crippen LogP contribution in [0.5, 0.6) is 0 Å². The van der Waals surface area contributed by atoms with Gasteiger partial charge in [0.25, 0.3) is 0 Å². The molecule has 1 rings (SSSR count). The maximum Gasteiger partial charge on any atom is 0.0506 e. The van der Waals surface area contributed by atoms with Crippen molar-refractivity contribution in [3.05, 3.63) is 35.9 Å². The quantitative estimate of drug-likeness (QED) is 0.685. The van der Waals surface area contributed by atoms with Gasteiger partial charge in [-0.3, -0.25) is 0 Å². The molecule has 0 aliphatic carbocycles. The molecule has 2 nitrogen and oxygen atoms in total. The van der Waals surface area contributed by atoms with Gasteiger partial charge in [0.15, 0.2) is 0 Å². The smallest absolute Gasteiger partial charge is 0.0506 e. The molecule has 0 amide bonds. The molecule has 0 radical (unpaired) electrons. The molecule has 0 aromatic heterocycles. The Labute approximate surface area is 98.8 Å². The highest BCUT2D eigenvalue weighted by atomic mass is 16.5. The highest BCUT2D eigenvalue weighted by molar-refractivity contribution is 5.14. The van der Waals surface area contributed by atoms with Crippen LogP contribution >= 0.6 is 0 Å². The highest BCUT2D eigenvalue weighted by Crippen LogP contribution is 2.01. The summed E-state index contributed by atoms with van der Waals surface area (Å²) in [6, 6.07) is 10.8. The summed E-state index contributed by atoms with van der Waals surface area (Å²) in [5.41, 5.74) is 7.01. The lowest BCUT2D eigenvalue weighted by Crippen LogP contribution is -2.14. The van der Waals surface area contributed by atoms with Crippen LogP contribution in [0.3, 0.4) is 0 Å². The van der Waals surface area contributed by atoms with Crippen molar-refractivity contribution in [2.24, 2.45) is 5.73 Å². The van der Waals surface area contributed by atoms with Crippen molar-refractivity contribution in [3.8, 4) is 0 Å². The van der Waals surface area contributed by atoms with E-state index in [1.165, 1.54) is 12.0 Å². The van der Waals surface area contributed by atoms with E-state index in [1.807, 2.05) is 6.07 Å². The SMILES string of the molecule is CC(N)CCCCOCCc1ccccc1. The largest absolute Gasteiger partial charge is 0.381 e. The highest BCUT2D eigenvalue weighted by Gasteiger charge is 1.95. The lowest BCUT2D eigenvalue weighted by molar-refractivity contribution is 0.132. The van der Waals surface area contributed by atoms with Crippen LogP contribution in [0.15, 0.2) is 30.3 Å². The van der Waals surface area contributed by atoms with Gasteiger partial charge in [-0.2, -0.15) is 0 Å². The second-order valence-corrected chi connectivity index (χ2v) is 4.32. The number of benzene rings is 1. The fourth-order valence-electron chi connectivity index (χ4n) is 1.61. The van der Waals surface area contributed by atoms with Crippen molar-refractivity contribution in [2.45, 2.75) is 38.6 Å². The second-order valence-electron chi connectivity index (χ2n) is 4.32. The molecule has 16 heavy (non-hydrogen) atoms. The molecule has 0 aliphatic heterocycles. The topological polar surface area (TPSA) is 35.2 Å². The van der Waals surface area contributed by atoms with Crippen molar-refractivity contribution >= 4 is 0 Å². The normalized spacial score (nSPS) is 12.6. The minimum atomic E-state index is 0.323. The Kier molecular flexibility index (Phi) is 6.86. The maximum absolute atomic E-state index is 5.67. The van der Waals surface area contributed by atoms with Gasteiger partial charge in [-0.05, 0) is 38.2 Å². The summed E-state index contributed by atoms with van der Waals surface area (Å²) in [5.74, 6) is 0. The molecule has 0 bridgehead atoms. The van der Waals surface area contributed by atoms with Crippen molar-refractivity contribution in [2.75, 3.05) is 13.2 Å². The summed E-state index contributed by atoms with van der Waals surface area (Å²) < 4.78 is 5.58. The zero-order valence-corrected chi connectivity index (χ0v) is 10.2.